The number of likely N-dealkylation sites (tertiary alicyclic amines) is 1. The summed E-state index contributed by atoms with van der Waals surface area (Å²) in [5, 5.41) is 0.677. The maximum absolute atomic E-state index is 13.7. The summed E-state index contributed by atoms with van der Waals surface area (Å²) < 4.78 is 0. The lowest BCUT2D eigenvalue weighted by Gasteiger charge is -2.37. The fourth-order valence-electron chi connectivity index (χ4n) is 5.13. The van der Waals surface area contributed by atoms with E-state index in [0.29, 0.717) is 41.1 Å². The Balaban J connectivity index is 1.70. The lowest BCUT2D eigenvalue weighted by molar-refractivity contribution is -0.137. The molecule has 2 unspecified atom stereocenters. The first-order valence-corrected chi connectivity index (χ1v) is 11.8. The summed E-state index contributed by atoms with van der Waals surface area (Å²) in [6.07, 6.45) is 1.75. The molecule has 2 aliphatic rings. The van der Waals surface area contributed by atoms with E-state index >= 15 is 0 Å². The second-order valence-electron chi connectivity index (χ2n) is 9.53. The SMILES string of the molecule is Cc1ccc(C2=C(N3CC(C)CC(C)C3)C(=O)N(CCc3ccc(Cl)cc3)C2=O)c(C)c1. The highest BCUT2D eigenvalue weighted by molar-refractivity contribution is 6.35. The Kier molecular flexibility index (Phi) is 6.43. The molecule has 1 saturated heterocycles. The van der Waals surface area contributed by atoms with Crippen molar-refractivity contribution >= 4 is 29.0 Å². The van der Waals surface area contributed by atoms with Gasteiger partial charge in [0.1, 0.15) is 5.70 Å². The molecule has 2 amide bonds. The molecule has 0 aliphatic carbocycles. The average molecular weight is 451 g/mol. The van der Waals surface area contributed by atoms with Crippen LogP contribution < -0.4 is 0 Å². The van der Waals surface area contributed by atoms with Gasteiger partial charge in [-0.25, -0.2) is 0 Å². The van der Waals surface area contributed by atoms with Crippen LogP contribution in [0.25, 0.3) is 5.57 Å². The predicted octanol–water partition coefficient (Wildman–Crippen LogP) is 5.26. The van der Waals surface area contributed by atoms with Crippen molar-refractivity contribution in [3.05, 3.63) is 75.4 Å². The van der Waals surface area contributed by atoms with Crippen LogP contribution in [0.4, 0.5) is 0 Å². The van der Waals surface area contributed by atoms with Crippen LogP contribution in [0.3, 0.4) is 0 Å². The number of aryl methyl sites for hydroxylation is 2. The molecule has 1 fully saturated rings. The third-order valence-electron chi connectivity index (χ3n) is 6.52. The van der Waals surface area contributed by atoms with Gasteiger partial charge in [0.2, 0.25) is 0 Å². The summed E-state index contributed by atoms with van der Waals surface area (Å²) >= 11 is 6.00. The highest BCUT2D eigenvalue weighted by Gasteiger charge is 2.43. The number of rotatable bonds is 5. The molecule has 2 atom stereocenters. The van der Waals surface area contributed by atoms with Crippen molar-refractivity contribution in [1.29, 1.82) is 0 Å². The van der Waals surface area contributed by atoms with Crippen molar-refractivity contribution in [2.24, 2.45) is 11.8 Å². The normalized spacial score (nSPS) is 21.7. The number of imide groups is 1. The number of hydrogen-bond acceptors (Lipinski definition) is 3. The Bertz CT molecular complexity index is 1060. The predicted molar refractivity (Wildman–Crippen MR) is 129 cm³/mol. The molecular weight excluding hydrogens is 420 g/mol. The first-order valence-electron chi connectivity index (χ1n) is 11.4. The van der Waals surface area contributed by atoms with E-state index in [4.69, 9.17) is 11.6 Å². The number of hydrogen-bond donors (Lipinski definition) is 0. The molecule has 4 nitrogen and oxygen atoms in total. The molecular formula is C27H31ClN2O2. The van der Waals surface area contributed by atoms with Gasteiger partial charge in [-0.1, -0.05) is 61.3 Å². The van der Waals surface area contributed by atoms with Gasteiger partial charge in [-0.05, 0) is 67.3 Å². The average Bonchev–Trinajstić information content (AvgIpc) is 2.97. The van der Waals surface area contributed by atoms with Gasteiger partial charge >= 0.3 is 0 Å². The van der Waals surface area contributed by atoms with Gasteiger partial charge in [0.15, 0.2) is 0 Å². The van der Waals surface area contributed by atoms with Crippen molar-refractivity contribution < 1.29 is 9.59 Å². The fraction of sp³-hybridized carbons (Fsp3) is 0.407. The zero-order valence-corrected chi connectivity index (χ0v) is 20.1. The number of carbonyl (C=O) groups is 2. The van der Waals surface area contributed by atoms with Gasteiger partial charge in [-0.15, -0.1) is 0 Å². The van der Waals surface area contributed by atoms with Crippen LogP contribution in [0.1, 0.15) is 42.5 Å². The van der Waals surface area contributed by atoms with E-state index in [0.717, 1.165) is 41.8 Å². The van der Waals surface area contributed by atoms with Crippen molar-refractivity contribution in [1.82, 2.24) is 9.80 Å². The zero-order chi connectivity index (χ0) is 23.0. The minimum absolute atomic E-state index is 0.166. The molecule has 2 heterocycles. The first kappa shape index (κ1) is 22.6. The highest BCUT2D eigenvalue weighted by atomic mass is 35.5. The molecule has 0 radical (unpaired) electrons. The maximum atomic E-state index is 13.7. The summed E-state index contributed by atoms with van der Waals surface area (Å²) in [4.78, 5) is 30.9. The van der Waals surface area contributed by atoms with E-state index < -0.39 is 0 Å². The van der Waals surface area contributed by atoms with E-state index in [1.807, 2.05) is 50.2 Å². The molecule has 0 spiro atoms. The number of amides is 2. The zero-order valence-electron chi connectivity index (χ0n) is 19.3. The molecule has 5 heteroatoms. The Morgan fingerprint density at radius 1 is 0.938 bits per heavy atom. The lowest BCUT2D eigenvalue weighted by atomic mass is 9.90. The molecule has 2 aliphatic heterocycles. The van der Waals surface area contributed by atoms with E-state index in [-0.39, 0.29) is 11.8 Å². The van der Waals surface area contributed by atoms with E-state index in [1.165, 1.54) is 4.90 Å². The standard InChI is InChI=1S/C27H31ClN2O2/c1-17-5-10-23(20(4)14-17)24-25(29-15-18(2)13-19(3)16-29)27(32)30(26(24)31)12-11-21-6-8-22(28)9-7-21/h5-10,14,18-19H,11-13,15-16H2,1-4H3. The Morgan fingerprint density at radius 2 is 1.59 bits per heavy atom. The lowest BCUT2D eigenvalue weighted by Crippen LogP contribution is -2.42. The second-order valence-corrected chi connectivity index (χ2v) is 9.97. The van der Waals surface area contributed by atoms with Crippen molar-refractivity contribution in [3.8, 4) is 0 Å². The topological polar surface area (TPSA) is 40.6 Å². The van der Waals surface area contributed by atoms with Crippen LogP contribution in [0, 0.1) is 25.7 Å². The van der Waals surface area contributed by atoms with E-state index in [9.17, 15) is 9.59 Å². The third kappa shape index (κ3) is 4.47. The molecule has 32 heavy (non-hydrogen) atoms. The number of piperidine rings is 1. The van der Waals surface area contributed by atoms with Crippen LogP contribution in [0.5, 0.6) is 0 Å². The summed E-state index contributed by atoms with van der Waals surface area (Å²) in [5.41, 5.74) is 5.23. The van der Waals surface area contributed by atoms with Crippen molar-refractivity contribution in [3.63, 3.8) is 0 Å². The monoisotopic (exact) mass is 450 g/mol. The highest BCUT2D eigenvalue weighted by Crippen LogP contribution is 2.36. The Labute approximate surface area is 195 Å². The number of halogens is 1. The van der Waals surface area contributed by atoms with Crippen LogP contribution >= 0.6 is 11.6 Å². The van der Waals surface area contributed by atoms with E-state index in [1.54, 1.807) is 0 Å². The summed E-state index contributed by atoms with van der Waals surface area (Å²) in [7, 11) is 0. The van der Waals surface area contributed by atoms with Gasteiger partial charge in [0.05, 0.1) is 5.57 Å². The largest absolute Gasteiger partial charge is 0.366 e. The smallest absolute Gasteiger partial charge is 0.277 e. The van der Waals surface area contributed by atoms with Crippen molar-refractivity contribution in [2.45, 2.75) is 40.5 Å². The molecule has 168 valence electrons. The molecule has 0 bridgehead atoms. The summed E-state index contributed by atoms with van der Waals surface area (Å²) in [5.74, 6) is 0.618. The third-order valence-corrected chi connectivity index (χ3v) is 6.77. The second kappa shape index (κ2) is 9.11. The van der Waals surface area contributed by atoms with Gasteiger partial charge in [0, 0.05) is 24.7 Å². The number of benzene rings is 2. The first-order chi connectivity index (χ1) is 15.2. The van der Waals surface area contributed by atoms with Crippen LogP contribution in [0.2, 0.25) is 5.02 Å². The van der Waals surface area contributed by atoms with Crippen LogP contribution in [-0.4, -0.2) is 41.2 Å². The number of nitrogens with zero attached hydrogens (tertiary/aromatic N) is 2. The van der Waals surface area contributed by atoms with Gasteiger partial charge in [0.25, 0.3) is 11.8 Å². The maximum Gasteiger partial charge on any atom is 0.277 e. The van der Waals surface area contributed by atoms with Gasteiger partial charge in [-0.3, -0.25) is 14.5 Å². The van der Waals surface area contributed by atoms with Gasteiger partial charge < -0.3 is 4.90 Å². The number of carbonyl (C=O) groups excluding carboxylic acids is 2. The quantitative estimate of drug-likeness (QED) is 0.583. The Morgan fingerprint density at radius 3 is 2.22 bits per heavy atom. The summed E-state index contributed by atoms with van der Waals surface area (Å²) in [6.45, 7) is 10.5. The molecule has 0 saturated carbocycles. The molecule has 0 aromatic heterocycles. The fourth-order valence-corrected chi connectivity index (χ4v) is 5.26. The minimum atomic E-state index is -0.184. The summed E-state index contributed by atoms with van der Waals surface area (Å²) in [6, 6.07) is 13.7. The molecule has 2 aromatic carbocycles. The minimum Gasteiger partial charge on any atom is -0.366 e. The van der Waals surface area contributed by atoms with Crippen LogP contribution in [-0.2, 0) is 16.0 Å². The molecule has 0 N–H and O–H groups in total. The molecule has 2 aromatic rings. The molecule has 4 rings (SSSR count). The van der Waals surface area contributed by atoms with E-state index in [2.05, 4.69) is 24.8 Å². The Hall–Kier alpha value is -2.59. The van der Waals surface area contributed by atoms with Crippen LogP contribution in [0.15, 0.2) is 48.2 Å². The van der Waals surface area contributed by atoms with Gasteiger partial charge in [-0.2, -0.15) is 0 Å². The van der Waals surface area contributed by atoms with Crippen molar-refractivity contribution in [2.75, 3.05) is 19.6 Å².